The largest absolute Gasteiger partial charge is 0.371 e. The van der Waals surface area contributed by atoms with Crippen molar-refractivity contribution in [3.05, 3.63) is 53.6 Å². The van der Waals surface area contributed by atoms with E-state index in [1.54, 1.807) is 0 Å². The molecule has 1 aliphatic heterocycles. The summed E-state index contributed by atoms with van der Waals surface area (Å²) in [5.74, 6) is 0.573. The lowest BCUT2D eigenvalue weighted by Crippen LogP contribution is -2.46. The molecule has 0 aromatic heterocycles. The molecule has 21 heavy (non-hydrogen) atoms. The highest BCUT2D eigenvalue weighted by Crippen LogP contribution is 2.38. The fourth-order valence-corrected chi connectivity index (χ4v) is 3.73. The predicted octanol–water partition coefficient (Wildman–Crippen LogP) is 3.43. The zero-order valence-electron chi connectivity index (χ0n) is 12.5. The van der Waals surface area contributed by atoms with E-state index in [2.05, 4.69) is 54.3 Å². The maximum Gasteiger partial charge on any atom is 0.0369 e. The average molecular weight is 278 g/mol. The van der Waals surface area contributed by atoms with Crippen LogP contribution in [0.2, 0.25) is 0 Å². The van der Waals surface area contributed by atoms with E-state index in [1.165, 1.54) is 27.9 Å². The van der Waals surface area contributed by atoms with Gasteiger partial charge in [-0.25, -0.2) is 0 Å². The summed E-state index contributed by atoms with van der Waals surface area (Å²) >= 11 is 0. The van der Waals surface area contributed by atoms with Gasteiger partial charge in [-0.2, -0.15) is 0 Å². The van der Waals surface area contributed by atoms with Gasteiger partial charge >= 0.3 is 0 Å². The van der Waals surface area contributed by atoms with E-state index in [4.69, 9.17) is 5.73 Å². The molecule has 2 aliphatic rings. The first kappa shape index (κ1) is 12.9. The lowest BCUT2D eigenvalue weighted by Gasteiger charge is -2.36. The first-order valence-corrected chi connectivity index (χ1v) is 7.94. The third-order valence-electron chi connectivity index (χ3n) is 5.11. The molecule has 2 atom stereocenters. The number of anilines is 1. The van der Waals surface area contributed by atoms with Crippen molar-refractivity contribution < 1.29 is 0 Å². The minimum Gasteiger partial charge on any atom is -0.371 e. The van der Waals surface area contributed by atoms with Gasteiger partial charge < -0.3 is 10.6 Å². The number of benzene rings is 2. The van der Waals surface area contributed by atoms with Gasteiger partial charge in [0.25, 0.3) is 0 Å². The van der Waals surface area contributed by atoms with E-state index < -0.39 is 0 Å². The molecule has 2 N–H and O–H groups in total. The summed E-state index contributed by atoms with van der Waals surface area (Å²) < 4.78 is 0. The van der Waals surface area contributed by atoms with Crippen LogP contribution >= 0.6 is 0 Å². The van der Waals surface area contributed by atoms with E-state index in [0.717, 1.165) is 25.9 Å². The van der Waals surface area contributed by atoms with E-state index in [9.17, 15) is 0 Å². The first-order valence-electron chi connectivity index (χ1n) is 7.94. The van der Waals surface area contributed by atoms with Gasteiger partial charge in [-0.3, -0.25) is 0 Å². The van der Waals surface area contributed by atoms with Gasteiger partial charge in [0.2, 0.25) is 0 Å². The molecule has 2 nitrogen and oxygen atoms in total. The minimum absolute atomic E-state index is 0.361. The Morgan fingerprint density at radius 1 is 1.05 bits per heavy atom. The van der Waals surface area contributed by atoms with Crippen molar-refractivity contribution in [3.8, 4) is 11.1 Å². The van der Waals surface area contributed by atoms with Crippen molar-refractivity contribution in [1.29, 1.82) is 0 Å². The number of rotatable bonds is 1. The highest BCUT2D eigenvalue weighted by atomic mass is 15.1. The van der Waals surface area contributed by atoms with Crippen molar-refractivity contribution >= 4 is 5.69 Å². The normalized spacial score (nSPS) is 23.8. The number of hydrogen-bond donors (Lipinski definition) is 1. The van der Waals surface area contributed by atoms with Gasteiger partial charge in [0, 0.05) is 24.8 Å². The Bertz CT molecular complexity index is 677. The van der Waals surface area contributed by atoms with Crippen LogP contribution in [-0.2, 0) is 6.42 Å². The Kier molecular flexibility index (Phi) is 3.00. The molecule has 2 heteroatoms. The van der Waals surface area contributed by atoms with E-state index >= 15 is 0 Å². The van der Waals surface area contributed by atoms with Crippen molar-refractivity contribution in [1.82, 2.24) is 0 Å². The molecular formula is C19H22N2. The number of nitrogens with two attached hydrogens (primary N) is 1. The van der Waals surface area contributed by atoms with Crippen molar-refractivity contribution in [2.75, 3.05) is 18.0 Å². The zero-order valence-corrected chi connectivity index (χ0v) is 12.5. The van der Waals surface area contributed by atoms with E-state index in [0.29, 0.717) is 12.0 Å². The lowest BCUT2D eigenvalue weighted by molar-refractivity contribution is 0.383. The van der Waals surface area contributed by atoms with Crippen LogP contribution in [0.3, 0.4) is 0 Å². The van der Waals surface area contributed by atoms with Crippen molar-refractivity contribution in [2.45, 2.75) is 25.8 Å². The van der Waals surface area contributed by atoms with Crippen molar-refractivity contribution in [3.63, 3.8) is 0 Å². The Hall–Kier alpha value is -1.80. The second kappa shape index (κ2) is 4.88. The van der Waals surface area contributed by atoms with Crippen LogP contribution in [0.15, 0.2) is 42.5 Å². The molecule has 4 rings (SSSR count). The summed E-state index contributed by atoms with van der Waals surface area (Å²) in [4.78, 5) is 2.50. The highest BCUT2D eigenvalue weighted by Gasteiger charge is 2.25. The number of fused-ring (bicyclic) bond motifs is 3. The second-order valence-electron chi connectivity index (χ2n) is 6.55. The molecule has 1 fully saturated rings. The molecule has 108 valence electrons. The summed E-state index contributed by atoms with van der Waals surface area (Å²) in [7, 11) is 0. The van der Waals surface area contributed by atoms with Crippen LogP contribution in [0, 0.1) is 5.92 Å². The molecule has 0 amide bonds. The van der Waals surface area contributed by atoms with Gasteiger partial charge in [-0.1, -0.05) is 37.3 Å². The van der Waals surface area contributed by atoms with E-state index in [-0.39, 0.29) is 0 Å². The second-order valence-corrected chi connectivity index (χ2v) is 6.55. The minimum atomic E-state index is 0.361. The maximum atomic E-state index is 6.14. The fraction of sp³-hybridized carbons (Fsp3) is 0.368. The quantitative estimate of drug-likeness (QED) is 0.739. The van der Waals surface area contributed by atoms with Gasteiger partial charge in [0.05, 0.1) is 0 Å². The molecule has 0 radical (unpaired) electrons. The molecule has 1 saturated heterocycles. The third kappa shape index (κ3) is 2.14. The standard InChI is InChI=1S/C19H22N2/c1-13-12-21(9-8-19(13)20)16-6-7-18-15(11-16)10-14-4-2-3-5-17(14)18/h2-7,11,13,19H,8-10,12,20H2,1H3. The van der Waals surface area contributed by atoms with Crippen LogP contribution < -0.4 is 10.6 Å². The van der Waals surface area contributed by atoms with Crippen LogP contribution in [0.25, 0.3) is 11.1 Å². The molecular weight excluding hydrogens is 256 g/mol. The lowest BCUT2D eigenvalue weighted by atomic mass is 9.94. The smallest absolute Gasteiger partial charge is 0.0369 e. The number of piperidine rings is 1. The molecule has 2 unspecified atom stereocenters. The SMILES string of the molecule is CC1CN(c2ccc3c(c2)Cc2ccccc2-3)CCC1N. The van der Waals surface area contributed by atoms with Gasteiger partial charge in [0.1, 0.15) is 0 Å². The Labute approximate surface area is 126 Å². The number of nitrogens with zero attached hydrogens (tertiary/aromatic N) is 1. The maximum absolute atomic E-state index is 6.14. The van der Waals surface area contributed by atoms with Crippen LogP contribution in [0.5, 0.6) is 0 Å². The highest BCUT2D eigenvalue weighted by molar-refractivity contribution is 5.78. The van der Waals surface area contributed by atoms with Crippen LogP contribution in [-0.4, -0.2) is 19.1 Å². The Morgan fingerprint density at radius 3 is 2.71 bits per heavy atom. The zero-order chi connectivity index (χ0) is 14.4. The van der Waals surface area contributed by atoms with Gasteiger partial charge in [-0.05, 0) is 53.1 Å². The molecule has 1 heterocycles. The molecule has 2 aromatic carbocycles. The molecule has 0 saturated carbocycles. The van der Waals surface area contributed by atoms with Crippen molar-refractivity contribution in [2.24, 2.45) is 11.7 Å². The topological polar surface area (TPSA) is 29.3 Å². The van der Waals surface area contributed by atoms with Crippen LogP contribution in [0.4, 0.5) is 5.69 Å². The summed E-state index contributed by atoms with van der Waals surface area (Å²) in [5, 5.41) is 0. The van der Waals surface area contributed by atoms with E-state index in [1.807, 2.05) is 0 Å². The fourth-order valence-electron chi connectivity index (χ4n) is 3.73. The third-order valence-corrected chi connectivity index (χ3v) is 5.11. The molecule has 1 aliphatic carbocycles. The van der Waals surface area contributed by atoms with Crippen LogP contribution in [0.1, 0.15) is 24.5 Å². The average Bonchev–Trinajstić information content (AvgIpc) is 2.87. The summed E-state index contributed by atoms with van der Waals surface area (Å²) in [6.45, 7) is 4.42. The number of hydrogen-bond acceptors (Lipinski definition) is 2. The Morgan fingerprint density at radius 2 is 1.86 bits per heavy atom. The summed E-state index contributed by atoms with van der Waals surface area (Å²) in [6.07, 6.45) is 2.17. The van der Waals surface area contributed by atoms with Gasteiger partial charge in [-0.15, -0.1) is 0 Å². The summed E-state index contributed by atoms with van der Waals surface area (Å²) in [6, 6.07) is 16.1. The van der Waals surface area contributed by atoms with Gasteiger partial charge in [0.15, 0.2) is 0 Å². The molecule has 0 bridgehead atoms. The first-order chi connectivity index (χ1) is 10.2. The monoisotopic (exact) mass is 278 g/mol. The Balaban J connectivity index is 1.64. The molecule has 0 spiro atoms. The summed E-state index contributed by atoms with van der Waals surface area (Å²) in [5.41, 5.74) is 13.3. The molecule has 2 aromatic rings. The predicted molar refractivity (Wildman–Crippen MR) is 88.7 cm³/mol.